The molecule has 0 spiro atoms. The number of aryl methyl sites for hydroxylation is 1. The van der Waals surface area contributed by atoms with Gasteiger partial charge in [-0.25, -0.2) is 13.2 Å². The van der Waals surface area contributed by atoms with E-state index in [1.54, 1.807) is 68.6 Å². The van der Waals surface area contributed by atoms with E-state index in [4.69, 9.17) is 14.2 Å². The Hall–Kier alpha value is -3.93. The van der Waals surface area contributed by atoms with Gasteiger partial charge < -0.3 is 14.2 Å². The van der Waals surface area contributed by atoms with Crippen LogP contribution in [0.3, 0.4) is 0 Å². The van der Waals surface area contributed by atoms with Gasteiger partial charge in [0.05, 0.1) is 13.7 Å². The predicted molar refractivity (Wildman–Crippen MR) is 133 cm³/mol. The number of rotatable bonds is 6. The zero-order chi connectivity index (χ0) is 25.2. The SMILES string of the molecule is CCOc1cc2c(cc1F)OC(c1ccc(-c3ccc(-c4ccc(OC)cc4)c(F)c3)c(F)c1)CC2. The fourth-order valence-corrected chi connectivity index (χ4v) is 4.53. The van der Waals surface area contributed by atoms with Gasteiger partial charge in [-0.2, -0.15) is 0 Å². The van der Waals surface area contributed by atoms with Crippen LogP contribution < -0.4 is 14.2 Å². The molecule has 5 rings (SSSR count). The Labute approximate surface area is 208 Å². The first kappa shape index (κ1) is 23.8. The molecule has 1 atom stereocenters. The summed E-state index contributed by atoms with van der Waals surface area (Å²) in [6.07, 6.45) is 0.864. The van der Waals surface area contributed by atoms with E-state index in [2.05, 4.69) is 0 Å². The van der Waals surface area contributed by atoms with E-state index in [1.165, 1.54) is 18.2 Å². The van der Waals surface area contributed by atoms with Crippen LogP contribution in [0, 0.1) is 17.5 Å². The number of fused-ring (bicyclic) bond motifs is 1. The second-order valence-electron chi connectivity index (χ2n) is 8.63. The summed E-state index contributed by atoms with van der Waals surface area (Å²) in [6, 6.07) is 19.6. The van der Waals surface area contributed by atoms with Crippen LogP contribution in [0.2, 0.25) is 0 Å². The summed E-state index contributed by atoms with van der Waals surface area (Å²) in [7, 11) is 1.57. The molecule has 4 aromatic rings. The van der Waals surface area contributed by atoms with E-state index in [0.29, 0.717) is 58.8 Å². The summed E-state index contributed by atoms with van der Waals surface area (Å²) in [5.74, 6) is -0.0772. The van der Waals surface area contributed by atoms with Crippen LogP contribution in [-0.4, -0.2) is 13.7 Å². The fraction of sp³-hybridized carbons (Fsp3) is 0.200. The topological polar surface area (TPSA) is 27.7 Å². The number of halogens is 3. The number of hydrogen-bond donors (Lipinski definition) is 0. The quantitative estimate of drug-likeness (QED) is 0.275. The second-order valence-corrected chi connectivity index (χ2v) is 8.63. The van der Waals surface area contributed by atoms with Crippen molar-refractivity contribution in [1.29, 1.82) is 0 Å². The van der Waals surface area contributed by atoms with Gasteiger partial charge in [0.25, 0.3) is 0 Å². The van der Waals surface area contributed by atoms with E-state index in [-0.39, 0.29) is 5.75 Å². The molecule has 6 heteroatoms. The van der Waals surface area contributed by atoms with Gasteiger partial charge in [-0.05, 0) is 72.4 Å². The Morgan fingerprint density at radius 1 is 0.806 bits per heavy atom. The van der Waals surface area contributed by atoms with Crippen LogP contribution in [0.5, 0.6) is 17.2 Å². The first-order chi connectivity index (χ1) is 17.5. The molecule has 4 aromatic carbocycles. The minimum Gasteiger partial charge on any atom is -0.497 e. The van der Waals surface area contributed by atoms with Crippen molar-refractivity contribution in [1.82, 2.24) is 0 Å². The number of methoxy groups -OCH3 is 1. The van der Waals surface area contributed by atoms with Gasteiger partial charge in [0.1, 0.15) is 29.2 Å². The van der Waals surface area contributed by atoms with Gasteiger partial charge in [0.2, 0.25) is 0 Å². The summed E-state index contributed by atoms with van der Waals surface area (Å²) in [4.78, 5) is 0. The van der Waals surface area contributed by atoms with E-state index in [0.717, 1.165) is 5.56 Å². The van der Waals surface area contributed by atoms with Crippen molar-refractivity contribution in [3.05, 3.63) is 101 Å². The molecule has 0 radical (unpaired) electrons. The van der Waals surface area contributed by atoms with Crippen LogP contribution in [0.1, 0.15) is 30.6 Å². The third-order valence-electron chi connectivity index (χ3n) is 6.41. The molecular formula is C30H25F3O3. The maximum absolute atomic E-state index is 15.2. The van der Waals surface area contributed by atoms with Gasteiger partial charge in [-0.3, -0.25) is 0 Å². The highest BCUT2D eigenvalue weighted by molar-refractivity contribution is 5.72. The first-order valence-electron chi connectivity index (χ1n) is 11.8. The molecule has 1 unspecified atom stereocenters. The molecule has 1 aliphatic heterocycles. The number of hydrogen-bond acceptors (Lipinski definition) is 3. The smallest absolute Gasteiger partial charge is 0.168 e. The van der Waals surface area contributed by atoms with Crippen molar-refractivity contribution >= 4 is 0 Å². The van der Waals surface area contributed by atoms with E-state index in [1.807, 2.05) is 0 Å². The highest BCUT2D eigenvalue weighted by atomic mass is 19.1. The first-order valence-corrected chi connectivity index (χ1v) is 11.8. The van der Waals surface area contributed by atoms with Crippen LogP contribution >= 0.6 is 0 Å². The minimum atomic E-state index is -0.488. The summed E-state index contributed by atoms with van der Waals surface area (Å²) >= 11 is 0. The van der Waals surface area contributed by atoms with Crippen LogP contribution in [-0.2, 0) is 6.42 Å². The monoisotopic (exact) mass is 490 g/mol. The molecule has 3 nitrogen and oxygen atoms in total. The zero-order valence-electron chi connectivity index (χ0n) is 20.0. The van der Waals surface area contributed by atoms with Crippen molar-refractivity contribution < 1.29 is 27.4 Å². The maximum atomic E-state index is 15.2. The Morgan fingerprint density at radius 3 is 2.19 bits per heavy atom. The standard InChI is InChI=1S/C30H25F3O3/c1-3-35-30-16-21-8-13-28(36-29(21)17-27(30)33)20-7-12-24(26(32)15-20)19-6-11-23(25(31)14-19)18-4-9-22(34-2)10-5-18/h4-7,9-12,14-17,28H,3,8,13H2,1-2H3. The molecule has 0 saturated heterocycles. The van der Waals surface area contributed by atoms with Crippen molar-refractivity contribution in [2.75, 3.05) is 13.7 Å². The molecule has 0 fully saturated rings. The molecule has 1 aliphatic rings. The normalized spacial score (nSPS) is 14.6. The maximum Gasteiger partial charge on any atom is 0.168 e. The predicted octanol–water partition coefficient (Wildman–Crippen LogP) is 7.91. The lowest BCUT2D eigenvalue weighted by Gasteiger charge is -2.27. The van der Waals surface area contributed by atoms with Crippen molar-refractivity contribution in [2.45, 2.75) is 25.9 Å². The Morgan fingerprint density at radius 2 is 1.50 bits per heavy atom. The lowest BCUT2D eigenvalue weighted by Crippen LogP contribution is -2.16. The van der Waals surface area contributed by atoms with Crippen LogP contribution in [0.15, 0.2) is 72.8 Å². The summed E-state index contributed by atoms with van der Waals surface area (Å²) in [5, 5.41) is 0. The van der Waals surface area contributed by atoms with Crippen LogP contribution in [0.25, 0.3) is 22.3 Å². The average Bonchev–Trinajstić information content (AvgIpc) is 2.89. The Balaban J connectivity index is 1.37. The van der Waals surface area contributed by atoms with Gasteiger partial charge in [-0.1, -0.05) is 36.4 Å². The van der Waals surface area contributed by atoms with E-state index >= 15 is 4.39 Å². The number of benzene rings is 4. The molecule has 0 N–H and O–H groups in total. The third kappa shape index (κ3) is 4.63. The average molecular weight is 491 g/mol. The highest BCUT2D eigenvalue weighted by Crippen LogP contribution is 2.39. The van der Waals surface area contributed by atoms with E-state index in [9.17, 15) is 8.78 Å². The van der Waals surface area contributed by atoms with Gasteiger partial charge >= 0.3 is 0 Å². The molecule has 0 aliphatic carbocycles. The lowest BCUT2D eigenvalue weighted by molar-refractivity contribution is 0.174. The van der Waals surface area contributed by atoms with Gasteiger partial charge in [0, 0.05) is 17.2 Å². The molecule has 1 heterocycles. The lowest BCUT2D eigenvalue weighted by atomic mass is 9.94. The zero-order valence-corrected chi connectivity index (χ0v) is 20.0. The highest BCUT2D eigenvalue weighted by Gasteiger charge is 2.24. The minimum absolute atomic E-state index is 0.207. The van der Waals surface area contributed by atoms with Crippen molar-refractivity contribution in [3.63, 3.8) is 0 Å². The summed E-state index contributed by atoms with van der Waals surface area (Å²) < 4.78 is 60.9. The van der Waals surface area contributed by atoms with Crippen molar-refractivity contribution in [3.8, 4) is 39.5 Å². The second kappa shape index (κ2) is 9.97. The molecule has 0 saturated carbocycles. The van der Waals surface area contributed by atoms with Gasteiger partial charge in [0.15, 0.2) is 11.6 Å². The molecule has 0 aromatic heterocycles. The van der Waals surface area contributed by atoms with Gasteiger partial charge in [-0.15, -0.1) is 0 Å². The molecule has 184 valence electrons. The number of ether oxygens (including phenoxy) is 3. The van der Waals surface area contributed by atoms with Crippen LogP contribution in [0.4, 0.5) is 13.2 Å². The summed E-state index contributed by atoms with van der Waals surface area (Å²) in [5.41, 5.74) is 3.37. The third-order valence-corrected chi connectivity index (χ3v) is 6.41. The van der Waals surface area contributed by atoms with E-state index < -0.39 is 23.6 Å². The summed E-state index contributed by atoms with van der Waals surface area (Å²) in [6.45, 7) is 2.17. The molecule has 0 amide bonds. The van der Waals surface area contributed by atoms with Crippen molar-refractivity contribution in [2.24, 2.45) is 0 Å². The Kier molecular flexibility index (Phi) is 6.59. The fourth-order valence-electron chi connectivity index (χ4n) is 4.53. The molecular weight excluding hydrogens is 465 g/mol. The Bertz CT molecular complexity index is 1400. The molecule has 0 bridgehead atoms. The largest absolute Gasteiger partial charge is 0.497 e. The molecule has 36 heavy (non-hydrogen) atoms.